The second-order valence-electron chi connectivity index (χ2n) is 4.16. The lowest BCUT2D eigenvalue weighted by molar-refractivity contribution is -0.191. The van der Waals surface area contributed by atoms with Gasteiger partial charge in [0, 0.05) is 25.6 Å². The van der Waals surface area contributed by atoms with Gasteiger partial charge in [0.1, 0.15) is 0 Å². The standard InChI is InChI=1S/C9H13F3N2O3/c1-13(5-7(15)16)2-6-3-14(4-6)8(17)9(10,11)12/h6H,2-5H2,1H3,(H,15,16). The van der Waals surface area contributed by atoms with E-state index in [1.807, 2.05) is 0 Å². The van der Waals surface area contributed by atoms with Crippen LogP contribution in [0.2, 0.25) is 0 Å². The fourth-order valence-corrected chi connectivity index (χ4v) is 1.77. The Hall–Kier alpha value is -1.31. The van der Waals surface area contributed by atoms with Crippen LogP contribution in [0.5, 0.6) is 0 Å². The van der Waals surface area contributed by atoms with Gasteiger partial charge in [-0.05, 0) is 7.05 Å². The number of hydrogen-bond acceptors (Lipinski definition) is 3. The molecular formula is C9H13F3N2O3. The lowest BCUT2D eigenvalue weighted by atomic mass is 9.99. The normalized spacial score (nSPS) is 17.1. The highest BCUT2D eigenvalue weighted by atomic mass is 19.4. The van der Waals surface area contributed by atoms with Gasteiger partial charge in [-0.1, -0.05) is 0 Å². The minimum atomic E-state index is -4.82. The van der Waals surface area contributed by atoms with Crippen molar-refractivity contribution in [2.24, 2.45) is 5.92 Å². The molecule has 0 spiro atoms. The molecule has 0 atom stereocenters. The van der Waals surface area contributed by atoms with Gasteiger partial charge in [0.2, 0.25) is 0 Å². The third-order valence-corrected chi connectivity index (χ3v) is 2.46. The second kappa shape index (κ2) is 4.91. The van der Waals surface area contributed by atoms with Crippen LogP contribution in [0.15, 0.2) is 0 Å². The Morgan fingerprint density at radius 2 is 1.94 bits per heavy atom. The third kappa shape index (κ3) is 3.88. The summed E-state index contributed by atoms with van der Waals surface area (Å²) in [5.74, 6) is -2.91. The molecule has 17 heavy (non-hydrogen) atoms. The number of halogens is 3. The van der Waals surface area contributed by atoms with Gasteiger partial charge < -0.3 is 10.0 Å². The molecule has 0 bridgehead atoms. The summed E-state index contributed by atoms with van der Waals surface area (Å²) in [5.41, 5.74) is 0. The number of aliphatic carboxylic acids is 1. The predicted octanol–water partition coefficient (Wildman–Crippen LogP) is 0.0235. The maximum absolute atomic E-state index is 12.0. The lowest BCUT2D eigenvalue weighted by Crippen LogP contribution is -2.57. The molecule has 0 aromatic carbocycles. The number of alkyl halides is 3. The summed E-state index contributed by atoms with van der Waals surface area (Å²) in [5, 5.41) is 8.48. The molecule has 0 unspecified atom stereocenters. The maximum Gasteiger partial charge on any atom is 0.471 e. The Morgan fingerprint density at radius 1 is 1.41 bits per heavy atom. The molecule has 8 heteroatoms. The van der Waals surface area contributed by atoms with Crippen LogP contribution in [0.1, 0.15) is 0 Å². The lowest BCUT2D eigenvalue weighted by Gasteiger charge is -2.40. The van der Waals surface area contributed by atoms with Gasteiger partial charge in [-0.3, -0.25) is 14.5 Å². The number of likely N-dealkylation sites (tertiary alicyclic amines) is 1. The van der Waals surface area contributed by atoms with E-state index in [1.165, 1.54) is 4.90 Å². The zero-order chi connectivity index (χ0) is 13.2. The van der Waals surface area contributed by atoms with Crippen molar-refractivity contribution in [1.82, 2.24) is 9.80 Å². The number of carbonyl (C=O) groups excluding carboxylic acids is 1. The number of carboxylic acids is 1. The molecule has 5 nitrogen and oxygen atoms in total. The van der Waals surface area contributed by atoms with E-state index in [0.29, 0.717) is 6.54 Å². The number of carboxylic acid groups (broad SMARTS) is 1. The Balaban J connectivity index is 2.28. The molecule has 1 aliphatic rings. The highest BCUT2D eigenvalue weighted by Crippen LogP contribution is 2.24. The van der Waals surface area contributed by atoms with E-state index >= 15 is 0 Å². The summed E-state index contributed by atoms with van der Waals surface area (Å²) in [4.78, 5) is 23.3. The highest BCUT2D eigenvalue weighted by molar-refractivity contribution is 5.82. The molecule has 0 saturated carbocycles. The van der Waals surface area contributed by atoms with Crippen LogP contribution in [-0.2, 0) is 9.59 Å². The van der Waals surface area contributed by atoms with Crippen LogP contribution in [0, 0.1) is 5.92 Å². The minimum absolute atomic E-state index is 0.0301. The van der Waals surface area contributed by atoms with Crippen molar-refractivity contribution >= 4 is 11.9 Å². The van der Waals surface area contributed by atoms with Gasteiger partial charge in [-0.25, -0.2) is 0 Å². The Labute approximate surface area is 95.8 Å². The summed E-state index contributed by atoms with van der Waals surface area (Å²) < 4.78 is 36.0. The largest absolute Gasteiger partial charge is 0.480 e. The van der Waals surface area contributed by atoms with E-state index in [1.54, 1.807) is 7.05 Å². The smallest absolute Gasteiger partial charge is 0.471 e. The van der Waals surface area contributed by atoms with E-state index in [9.17, 15) is 22.8 Å². The molecule has 1 heterocycles. The average molecular weight is 254 g/mol. The summed E-state index contributed by atoms with van der Waals surface area (Å²) in [6, 6.07) is 0. The van der Waals surface area contributed by atoms with Crippen molar-refractivity contribution < 1.29 is 27.9 Å². The van der Waals surface area contributed by atoms with Gasteiger partial charge in [0.25, 0.3) is 0 Å². The van der Waals surface area contributed by atoms with Crippen molar-refractivity contribution in [2.45, 2.75) is 6.18 Å². The number of likely N-dealkylation sites (N-methyl/N-ethyl adjacent to an activating group) is 1. The van der Waals surface area contributed by atoms with Gasteiger partial charge >= 0.3 is 18.1 Å². The van der Waals surface area contributed by atoms with Crippen molar-refractivity contribution in [3.63, 3.8) is 0 Å². The fraction of sp³-hybridized carbons (Fsp3) is 0.778. The monoisotopic (exact) mass is 254 g/mol. The number of amides is 1. The average Bonchev–Trinajstić information content (AvgIpc) is 2.06. The van der Waals surface area contributed by atoms with Crippen LogP contribution in [0.25, 0.3) is 0 Å². The van der Waals surface area contributed by atoms with Crippen LogP contribution < -0.4 is 0 Å². The molecule has 1 fully saturated rings. The van der Waals surface area contributed by atoms with Crippen LogP contribution in [-0.4, -0.2) is 66.2 Å². The first-order valence-corrected chi connectivity index (χ1v) is 4.96. The molecule has 0 radical (unpaired) electrons. The summed E-state index contributed by atoms with van der Waals surface area (Å²) >= 11 is 0. The SMILES string of the molecule is CN(CC(=O)O)CC1CN(C(=O)C(F)(F)F)C1. The van der Waals surface area contributed by atoms with Gasteiger partial charge in [0.05, 0.1) is 6.54 Å². The van der Waals surface area contributed by atoms with Crippen LogP contribution in [0.4, 0.5) is 13.2 Å². The first kappa shape index (κ1) is 13.8. The van der Waals surface area contributed by atoms with Gasteiger partial charge in [-0.15, -0.1) is 0 Å². The van der Waals surface area contributed by atoms with E-state index in [-0.39, 0.29) is 25.6 Å². The number of carbonyl (C=O) groups is 2. The van der Waals surface area contributed by atoms with Gasteiger partial charge in [-0.2, -0.15) is 13.2 Å². The Morgan fingerprint density at radius 3 is 2.35 bits per heavy atom. The molecule has 1 saturated heterocycles. The molecule has 0 aromatic heterocycles. The maximum atomic E-state index is 12.0. The van der Waals surface area contributed by atoms with Crippen molar-refractivity contribution in [3.8, 4) is 0 Å². The molecule has 98 valence electrons. The number of hydrogen-bond donors (Lipinski definition) is 1. The van der Waals surface area contributed by atoms with Crippen molar-refractivity contribution in [1.29, 1.82) is 0 Å². The predicted molar refractivity (Wildman–Crippen MR) is 51.3 cm³/mol. The fourth-order valence-electron chi connectivity index (χ4n) is 1.77. The first-order valence-electron chi connectivity index (χ1n) is 4.96. The zero-order valence-electron chi connectivity index (χ0n) is 9.20. The minimum Gasteiger partial charge on any atom is -0.480 e. The molecule has 1 rings (SSSR count). The Kier molecular flexibility index (Phi) is 3.97. The molecule has 1 N–H and O–H groups in total. The molecule has 0 aliphatic carbocycles. The topological polar surface area (TPSA) is 60.9 Å². The molecule has 1 amide bonds. The quantitative estimate of drug-likeness (QED) is 0.768. The number of nitrogens with zero attached hydrogens (tertiary/aromatic N) is 2. The van der Waals surface area contributed by atoms with Crippen molar-refractivity contribution in [3.05, 3.63) is 0 Å². The number of rotatable bonds is 4. The molecule has 1 aliphatic heterocycles. The third-order valence-electron chi connectivity index (χ3n) is 2.46. The first-order chi connectivity index (χ1) is 7.70. The van der Waals surface area contributed by atoms with E-state index in [0.717, 1.165) is 4.90 Å². The molecule has 0 aromatic rings. The van der Waals surface area contributed by atoms with Gasteiger partial charge in [0.15, 0.2) is 0 Å². The zero-order valence-corrected chi connectivity index (χ0v) is 9.20. The van der Waals surface area contributed by atoms with Crippen LogP contribution >= 0.6 is 0 Å². The molecular weight excluding hydrogens is 241 g/mol. The Bertz CT molecular complexity index is 313. The van der Waals surface area contributed by atoms with E-state index in [2.05, 4.69) is 0 Å². The van der Waals surface area contributed by atoms with Crippen LogP contribution in [0.3, 0.4) is 0 Å². The second-order valence-corrected chi connectivity index (χ2v) is 4.16. The highest BCUT2D eigenvalue weighted by Gasteiger charge is 2.46. The summed E-state index contributed by atoms with van der Waals surface area (Å²) in [6.07, 6.45) is -4.82. The van der Waals surface area contributed by atoms with E-state index < -0.39 is 18.1 Å². The van der Waals surface area contributed by atoms with Crippen molar-refractivity contribution in [2.75, 3.05) is 33.2 Å². The summed E-state index contributed by atoms with van der Waals surface area (Å²) in [7, 11) is 1.57. The van der Waals surface area contributed by atoms with E-state index in [4.69, 9.17) is 5.11 Å². The summed E-state index contributed by atoms with van der Waals surface area (Å²) in [6.45, 7) is 0.266.